The number of hydrogen-bond donors (Lipinski definition) is 0. The Labute approximate surface area is 108 Å². The highest BCUT2D eigenvalue weighted by atomic mass is 16.6. The summed E-state index contributed by atoms with van der Waals surface area (Å²) >= 11 is 0. The number of Topliss-reactive ketones (excluding diaryl/α,β-unsaturated/α-hetero) is 1. The number of nitro benzene ring substituents is 1. The van der Waals surface area contributed by atoms with Crippen molar-refractivity contribution in [3.63, 3.8) is 0 Å². The molecule has 0 radical (unpaired) electrons. The predicted octanol–water partition coefficient (Wildman–Crippen LogP) is 2.88. The second-order valence-corrected chi connectivity index (χ2v) is 3.50. The minimum Gasteiger partial charge on any atom is -0.487 e. The Bertz CT molecular complexity index is 537. The fraction of sp³-hybridized carbons (Fsp3) is 0.364. The lowest BCUT2D eigenvalue weighted by Crippen LogP contribution is -2.03. The van der Waals surface area contributed by atoms with Gasteiger partial charge >= 0.3 is 5.69 Å². The lowest BCUT2D eigenvalue weighted by Gasteiger charge is -2.05. The van der Waals surface area contributed by atoms with Crippen LogP contribution < -0.4 is 4.74 Å². The van der Waals surface area contributed by atoms with E-state index in [0.29, 0.717) is 6.61 Å². The van der Waals surface area contributed by atoms with Gasteiger partial charge in [0, 0.05) is 29.5 Å². The van der Waals surface area contributed by atoms with Crippen LogP contribution in [0.15, 0.2) is 23.3 Å². The number of nitro groups is 1. The van der Waals surface area contributed by atoms with Gasteiger partial charge in [-0.1, -0.05) is 5.11 Å². The molecule has 1 rings (SSSR count). The van der Waals surface area contributed by atoms with Gasteiger partial charge in [-0.25, -0.2) is 0 Å². The van der Waals surface area contributed by atoms with Gasteiger partial charge in [0.05, 0.1) is 11.5 Å². The molecule has 0 saturated heterocycles. The summed E-state index contributed by atoms with van der Waals surface area (Å²) in [4.78, 5) is 24.5. The molecule has 0 aliphatic rings. The molecule has 0 unspecified atom stereocenters. The zero-order chi connectivity index (χ0) is 14.3. The largest absolute Gasteiger partial charge is 0.487 e. The third-order valence-corrected chi connectivity index (χ3v) is 2.28. The molecule has 8 heteroatoms. The molecule has 0 spiro atoms. The molecule has 0 aliphatic heterocycles. The summed E-state index contributed by atoms with van der Waals surface area (Å²) < 4.78 is 5.11. The SMILES string of the molecule is CCOc1ccc(C(=O)CCN=[N+]=[N-])cc1[N+](=O)[O-]. The Morgan fingerprint density at radius 1 is 1.58 bits per heavy atom. The molecule has 1 aromatic rings. The first-order chi connectivity index (χ1) is 9.10. The topological polar surface area (TPSA) is 118 Å². The van der Waals surface area contributed by atoms with Gasteiger partial charge in [-0.2, -0.15) is 0 Å². The molecule has 8 nitrogen and oxygen atoms in total. The first kappa shape index (κ1) is 14.5. The van der Waals surface area contributed by atoms with Crippen molar-refractivity contribution < 1.29 is 14.5 Å². The Morgan fingerprint density at radius 3 is 2.89 bits per heavy atom. The van der Waals surface area contributed by atoms with Gasteiger partial charge in [0.1, 0.15) is 0 Å². The van der Waals surface area contributed by atoms with Crippen LogP contribution in [0.4, 0.5) is 5.69 Å². The van der Waals surface area contributed by atoms with Crippen molar-refractivity contribution in [2.45, 2.75) is 13.3 Å². The van der Waals surface area contributed by atoms with E-state index in [9.17, 15) is 14.9 Å². The number of carbonyl (C=O) groups excluding carboxylic acids is 1. The fourth-order valence-electron chi connectivity index (χ4n) is 1.45. The van der Waals surface area contributed by atoms with Crippen LogP contribution in [-0.4, -0.2) is 23.9 Å². The van der Waals surface area contributed by atoms with Crippen LogP contribution >= 0.6 is 0 Å². The average Bonchev–Trinajstić information content (AvgIpc) is 2.39. The number of ketones is 1. The second kappa shape index (κ2) is 6.97. The Hall–Kier alpha value is -2.60. The van der Waals surface area contributed by atoms with Crippen LogP contribution in [0.1, 0.15) is 23.7 Å². The summed E-state index contributed by atoms with van der Waals surface area (Å²) in [5.41, 5.74) is 8.05. The quantitative estimate of drug-likeness (QED) is 0.188. The highest BCUT2D eigenvalue weighted by molar-refractivity contribution is 5.97. The number of azide groups is 1. The van der Waals surface area contributed by atoms with E-state index in [1.54, 1.807) is 6.92 Å². The molecule has 1 aromatic carbocycles. The van der Waals surface area contributed by atoms with E-state index in [4.69, 9.17) is 10.3 Å². The Balaban J connectivity index is 2.97. The van der Waals surface area contributed by atoms with Crippen molar-refractivity contribution in [3.8, 4) is 5.75 Å². The third kappa shape index (κ3) is 3.97. The minimum absolute atomic E-state index is 0.00912. The molecule has 0 heterocycles. The summed E-state index contributed by atoms with van der Waals surface area (Å²) in [6.45, 7) is 2.03. The maximum absolute atomic E-state index is 11.7. The molecule has 0 saturated carbocycles. The van der Waals surface area contributed by atoms with Gasteiger partial charge in [0.25, 0.3) is 0 Å². The standard InChI is InChI=1S/C11H12N4O4/c1-2-19-11-4-3-8(7-9(11)15(17)18)10(16)5-6-13-14-12/h3-4,7H,2,5-6H2,1H3. The van der Waals surface area contributed by atoms with Gasteiger partial charge < -0.3 is 4.74 Å². The fourth-order valence-corrected chi connectivity index (χ4v) is 1.45. The van der Waals surface area contributed by atoms with Crippen LogP contribution in [0.3, 0.4) is 0 Å². The van der Waals surface area contributed by atoms with Crippen molar-refractivity contribution in [2.24, 2.45) is 5.11 Å². The first-order valence-corrected chi connectivity index (χ1v) is 5.55. The lowest BCUT2D eigenvalue weighted by atomic mass is 10.1. The average molecular weight is 264 g/mol. The first-order valence-electron chi connectivity index (χ1n) is 5.55. The van der Waals surface area contributed by atoms with E-state index in [1.807, 2.05) is 0 Å². The molecule has 100 valence electrons. The number of carbonyl (C=O) groups is 1. The normalized spacial score (nSPS) is 9.53. The number of ether oxygens (including phenoxy) is 1. The molecule has 0 fully saturated rings. The molecule has 0 aromatic heterocycles. The van der Waals surface area contributed by atoms with E-state index in [2.05, 4.69) is 10.0 Å². The second-order valence-electron chi connectivity index (χ2n) is 3.50. The summed E-state index contributed by atoms with van der Waals surface area (Å²) in [7, 11) is 0. The zero-order valence-corrected chi connectivity index (χ0v) is 10.3. The van der Waals surface area contributed by atoms with Crippen LogP contribution in [0, 0.1) is 10.1 Å². The summed E-state index contributed by atoms with van der Waals surface area (Å²) in [6.07, 6.45) is 0.00912. The third-order valence-electron chi connectivity index (χ3n) is 2.28. The van der Waals surface area contributed by atoms with E-state index in [-0.39, 0.29) is 35.7 Å². The smallest absolute Gasteiger partial charge is 0.311 e. The van der Waals surface area contributed by atoms with Crippen LogP contribution in [-0.2, 0) is 0 Å². The Kier molecular flexibility index (Phi) is 5.31. The lowest BCUT2D eigenvalue weighted by molar-refractivity contribution is -0.385. The molecule has 19 heavy (non-hydrogen) atoms. The zero-order valence-electron chi connectivity index (χ0n) is 10.3. The van der Waals surface area contributed by atoms with E-state index < -0.39 is 4.92 Å². The van der Waals surface area contributed by atoms with Gasteiger partial charge in [0.2, 0.25) is 0 Å². The van der Waals surface area contributed by atoms with E-state index >= 15 is 0 Å². The maximum Gasteiger partial charge on any atom is 0.311 e. The summed E-state index contributed by atoms with van der Waals surface area (Å²) in [6, 6.07) is 4.02. The molecule has 0 N–H and O–H groups in total. The number of nitrogens with zero attached hydrogens (tertiary/aromatic N) is 4. The summed E-state index contributed by atoms with van der Waals surface area (Å²) in [5, 5.41) is 14.1. The maximum atomic E-state index is 11.7. The number of benzene rings is 1. The van der Waals surface area contributed by atoms with Crippen molar-refractivity contribution in [1.82, 2.24) is 0 Å². The van der Waals surface area contributed by atoms with Crippen LogP contribution in [0.2, 0.25) is 0 Å². The van der Waals surface area contributed by atoms with Crippen molar-refractivity contribution in [3.05, 3.63) is 44.3 Å². The summed E-state index contributed by atoms with van der Waals surface area (Å²) in [5.74, 6) is -0.197. The van der Waals surface area contributed by atoms with Gasteiger partial charge in [-0.3, -0.25) is 14.9 Å². The molecule has 0 aliphatic carbocycles. The monoisotopic (exact) mass is 264 g/mol. The number of rotatable bonds is 7. The number of hydrogen-bond acceptors (Lipinski definition) is 5. The predicted molar refractivity (Wildman–Crippen MR) is 67.2 cm³/mol. The highest BCUT2D eigenvalue weighted by Gasteiger charge is 2.18. The van der Waals surface area contributed by atoms with Crippen molar-refractivity contribution in [1.29, 1.82) is 0 Å². The van der Waals surface area contributed by atoms with Crippen molar-refractivity contribution in [2.75, 3.05) is 13.2 Å². The van der Waals surface area contributed by atoms with Gasteiger partial charge in [-0.05, 0) is 24.6 Å². The van der Waals surface area contributed by atoms with Gasteiger partial charge in [-0.15, -0.1) is 0 Å². The molecular formula is C11H12N4O4. The minimum atomic E-state index is -0.602. The molecule has 0 amide bonds. The van der Waals surface area contributed by atoms with E-state index in [1.165, 1.54) is 18.2 Å². The van der Waals surface area contributed by atoms with Gasteiger partial charge in [0.15, 0.2) is 11.5 Å². The molecule has 0 atom stereocenters. The highest BCUT2D eigenvalue weighted by Crippen LogP contribution is 2.28. The Morgan fingerprint density at radius 2 is 2.32 bits per heavy atom. The molecule has 0 bridgehead atoms. The van der Waals surface area contributed by atoms with E-state index in [0.717, 1.165) is 0 Å². The van der Waals surface area contributed by atoms with Crippen LogP contribution in [0.25, 0.3) is 10.4 Å². The molecular weight excluding hydrogens is 252 g/mol. The van der Waals surface area contributed by atoms with Crippen molar-refractivity contribution >= 4 is 11.5 Å². The van der Waals surface area contributed by atoms with Crippen LogP contribution in [0.5, 0.6) is 5.75 Å².